The van der Waals surface area contributed by atoms with E-state index in [9.17, 15) is 0 Å². The average molecular weight is 280 g/mol. The molecule has 2 N–H and O–H groups in total. The third-order valence-corrected chi connectivity index (χ3v) is 3.32. The number of nitrogens with two attached hydrogens (primary N) is 1. The van der Waals surface area contributed by atoms with Crippen molar-refractivity contribution in [3.05, 3.63) is 29.3 Å². The molecule has 0 aromatic heterocycles. The Hall–Kier alpha value is -1.06. The molecule has 0 amide bonds. The summed E-state index contributed by atoms with van der Waals surface area (Å²) >= 11 is 0. The minimum absolute atomic E-state index is 0.548. The van der Waals surface area contributed by atoms with Crippen molar-refractivity contribution in [2.75, 3.05) is 33.4 Å². The number of quaternary nitrogens is 1. The third-order valence-electron chi connectivity index (χ3n) is 3.32. The Morgan fingerprint density at radius 1 is 1.05 bits per heavy atom. The SMILES string of the molecule is COCCC[NH2+]CCCOc1cc(C)cc(C(C)C)c1. The van der Waals surface area contributed by atoms with Gasteiger partial charge in [0.15, 0.2) is 0 Å². The predicted octanol–water partition coefficient (Wildman–Crippen LogP) is 2.49. The molecule has 0 spiro atoms. The van der Waals surface area contributed by atoms with Crippen LogP contribution in [-0.4, -0.2) is 33.4 Å². The smallest absolute Gasteiger partial charge is 0.119 e. The van der Waals surface area contributed by atoms with E-state index >= 15 is 0 Å². The zero-order valence-corrected chi connectivity index (χ0v) is 13.4. The van der Waals surface area contributed by atoms with E-state index < -0.39 is 0 Å². The summed E-state index contributed by atoms with van der Waals surface area (Å²) in [6.45, 7) is 10.5. The van der Waals surface area contributed by atoms with Gasteiger partial charge in [0, 0.05) is 20.0 Å². The topological polar surface area (TPSA) is 35.1 Å². The highest BCUT2D eigenvalue weighted by Crippen LogP contribution is 2.22. The van der Waals surface area contributed by atoms with E-state index in [0.29, 0.717) is 5.92 Å². The zero-order valence-electron chi connectivity index (χ0n) is 13.4. The van der Waals surface area contributed by atoms with Gasteiger partial charge in [0.25, 0.3) is 0 Å². The maximum Gasteiger partial charge on any atom is 0.119 e. The molecule has 0 radical (unpaired) electrons. The number of methoxy groups -OCH3 is 1. The summed E-state index contributed by atoms with van der Waals surface area (Å²) in [6, 6.07) is 6.52. The van der Waals surface area contributed by atoms with Crippen molar-refractivity contribution in [3.8, 4) is 5.75 Å². The Morgan fingerprint density at radius 2 is 1.75 bits per heavy atom. The van der Waals surface area contributed by atoms with Crippen LogP contribution in [-0.2, 0) is 4.74 Å². The molecule has 0 atom stereocenters. The highest BCUT2D eigenvalue weighted by molar-refractivity contribution is 5.35. The largest absolute Gasteiger partial charge is 0.493 e. The molecular weight excluding hydrogens is 250 g/mol. The number of benzene rings is 1. The standard InChI is InChI=1S/C17H29NO2/c1-14(2)16-11-15(3)12-17(13-16)20-10-6-8-18-7-5-9-19-4/h11-14,18H,5-10H2,1-4H3/p+1. The molecule has 0 aliphatic heterocycles. The second kappa shape index (κ2) is 9.78. The van der Waals surface area contributed by atoms with Crippen molar-refractivity contribution in [2.45, 2.75) is 39.5 Å². The van der Waals surface area contributed by atoms with Crippen LogP contribution in [0.25, 0.3) is 0 Å². The minimum Gasteiger partial charge on any atom is -0.493 e. The monoisotopic (exact) mass is 280 g/mol. The van der Waals surface area contributed by atoms with Gasteiger partial charge in [-0.25, -0.2) is 0 Å². The first-order chi connectivity index (χ1) is 9.63. The molecule has 0 fully saturated rings. The lowest BCUT2D eigenvalue weighted by molar-refractivity contribution is -0.655. The van der Waals surface area contributed by atoms with Crippen molar-refractivity contribution < 1.29 is 14.8 Å². The maximum atomic E-state index is 5.86. The van der Waals surface area contributed by atoms with Gasteiger partial charge in [0.05, 0.1) is 26.3 Å². The van der Waals surface area contributed by atoms with E-state index in [1.807, 2.05) is 0 Å². The Labute approximate surface area is 123 Å². The highest BCUT2D eigenvalue weighted by Gasteiger charge is 2.03. The van der Waals surface area contributed by atoms with Gasteiger partial charge in [-0.05, 0) is 36.1 Å². The second-order valence-corrected chi connectivity index (χ2v) is 5.65. The van der Waals surface area contributed by atoms with E-state index in [4.69, 9.17) is 9.47 Å². The summed E-state index contributed by atoms with van der Waals surface area (Å²) in [5.74, 6) is 1.56. The van der Waals surface area contributed by atoms with Gasteiger partial charge in [-0.3, -0.25) is 0 Å². The van der Waals surface area contributed by atoms with Gasteiger partial charge < -0.3 is 14.8 Å². The number of hydrogen-bond acceptors (Lipinski definition) is 2. The summed E-state index contributed by atoms with van der Waals surface area (Å²) in [7, 11) is 1.75. The van der Waals surface area contributed by atoms with E-state index in [-0.39, 0.29) is 0 Å². The molecule has 1 aromatic rings. The lowest BCUT2D eigenvalue weighted by Gasteiger charge is -2.11. The summed E-state index contributed by atoms with van der Waals surface area (Å²) in [4.78, 5) is 0. The quantitative estimate of drug-likeness (QED) is 0.668. The van der Waals surface area contributed by atoms with Crippen molar-refractivity contribution in [3.63, 3.8) is 0 Å². The van der Waals surface area contributed by atoms with E-state index in [2.05, 4.69) is 44.3 Å². The summed E-state index contributed by atoms with van der Waals surface area (Å²) < 4.78 is 10.9. The van der Waals surface area contributed by atoms with Crippen LogP contribution in [0, 0.1) is 6.92 Å². The number of aryl methyl sites for hydroxylation is 1. The van der Waals surface area contributed by atoms with Crippen molar-refractivity contribution in [1.29, 1.82) is 0 Å². The molecule has 0 bridgehead atoms. The van der Waals surface area contributed by atoms with Gasteiger partial charge in [0.1, 0.15) is 5.75 Å². The van der Waals surface area contributed by atoms with Gasteiger partial charge in [-0.15, -0.1) is 0 Å². The molecule has 3 heteroatoms. The van der Waals surface area contributed by atoms with Crippen molar-refractivity contribution in [2.24, 2.45) is 0 Å². The van der Waals surface area contributed by atoms with Gasteiger partial charge in [0.2, 0.25) is 0 Å². The molecule has 3 nitrogen and oxygen atoms in total. The van der Waals surface area contributed by atoms with Crippen LogP contribution in [0.4, 0.5) is 0 Å². The summed E-state index contributed by atoms with van der Waals surface area (Å²) in [5.41, 5.74) is 2.63. The van der Waals surface area contributed by atoms with E-state index in [0.717, 1.165) is 44.9 Å². The van der Waals surface area contributed by atoms with E-state index in [1.165, 1.54) is 11.1 Å². The van der Waals surface area contributed by atoms with Crippen molar-refractivity contribution in [1.82, 2.24) is 0 Å². The molecule has 0 unspecified atom stereocenters. The van der Waals surface area contributed by atoms with Crippen LogP contribution in [0.3, 0.4) is 0 Å². The molecular formula is C17H30NO2+. The van der Waals surface area contributed by atoms with Crippen LogP contribution in [0.2, 0.25) is 0 Å². The van der Waals surface area contributed by atoms with Crippen LogP contribution >= 0.6 is 0 Å². The number of rotatable bonds is 10. The predicted molar refractivity (Wildman–Crippen MR) is 83.5 cm³/mol. The Bertz CT molecular complexity index is 377. The summed E-state index contributed by atoms with van der Waals surface area (Å²) in [6.07, 6.45) is 2.20. The third kappa shape index (κ3) is 6.92. The molecule has 0 saturated heterocycles. The van der Waals surface area contributed by atoms with Gasteiger partial charge in [-0.2, -0.15) is 0 Å². The zero-order chi connectivity index (χ0) is 14.8. The van der Waals surface area contributed by atoms with Crippen LogP contribution < -0.4 is 10.1 Å². The molecule has 0 heterocycles. The molecule has 1 rings (SSSR count). The molecule has 20 heavy (non-hydrogen) atoms. The number of hydrogen-bond donors (Lipinski definition) is 1. The van der Waals surface area contributed by atoms with Gasteiger partial charge in [-0.1, -0.05) is 19.9 Å². The fourth-order valence-electron chi connectivity index (χ4n) is 2.13. The second-order valence-electron chi connectivity index (χ2n) is 5.65. The Balaban J connectivity index is 2.21. The van der Waals surface area contributed by atoms with Crippen LogP contribution in [0.1, 0.15) is 43.7 Å². The van der Waals surface area contributed by atoms with Crippen LogP contribution in [0.15, 0.2) is 18.2 Å². The normalized spacial score (nSPS) is 11.1. The van der Waals surface area contributed by atoms with Crippen molar-refractivity contribution >= 4 is 0 Å². The number of ether oxygens (including phenoxy) is 2. The lowest BCUT2D eigenvalue weighted by atomic mass is 10.0. The molecule has 1 aromatic carbocycles. The van der Waals surface area contributed by atoms with Crippen LogP contribution in [0.5, 0.6) is 5.75 Å². The Morgan fingerprint density at radius 3 is 2.40 bits per heavy atom. The van der Waals surface area contributed by atoms with E-state index in [1.54, 1.807) is 7.11 Å². The first kappa shape index (κ1) is 17.0. The highest BCUT2D eigenvalue weighted by atomic mass is 16.5. The Kier molecular flexibility index (Phi) is 8.31. The molecule has 0 aliphatic rings. The fraction of sp³-hybridized carbons (Fsp3) is 0.647. The minimum atomic E-state index is 0.548. The average Bonchev–Trinajstić information content (AvgIpc) is 2.41. The maximum absolute atomic E-state index is 5.86. The summed E-state index contributed by atoms with van der Waals surface area (Å²) in [5, 5.41) is 2.33. The first-order valence-corrected chi connectivity index (χ1v) is 7.68. The first-order valence-electron chi connectivity index (χ1n) is 7.68. The lowest BCUT2D eigenvalue weighted by Crippen LogP contribution is -2.84. The molecule has 0 aliphatic carbocycles. The molecule has 0 saturated carbocycles. The fourth-order valence-corrected chi connectivity index (χ4v) is 2.13. The molecule has 114 valence electrons. The van der Waals surface area contributed by atoms with Gasteiger partial charge >= 0.3 is 0 Å².